The van der Waals surface area contributed by atoms with E-state index in [9.17, 15) is 0 Å². The normalized spacial score (nSPS) is 26.1. The average molecular weight is 267 g/mol. The van der Waals surface area contributed by atoms with Crippen LogP contribution < -0.4 is 0 Å². The van der Waals surface area contributed by atoms with Gasteiger partial charge in [-0.2, -0.15) is 0 Å². The third kappa shape index (κ3) is 3.95. The standard InChI is InChI=1S/C17H33NO/c1-4-9-17(10-6-15(3)5-2)13-18(14-17)16-7-11-19-12-8-16/h15-16H,4-14H2,1-3H3. The predicted octanol–water partition coefficient (Wildman–Crippen LogP) is 4.09. The van der Waals surface area contributed by atoms with Crippen molar-refractivity contribution in [1.29, 1.82) is 0 Å². The molecule has 2 heterocycles. The molecule has 0 aromatic heterocycles. The summed E-state index contributed by atoms with van der Waals surface area (Å²) in [4.78, 5) is 2.74. The highest BCUT2D eigenvalue weighted by Gasteiger charge is 2.44. The predicted molar refractivity (Wildman–Crippen MR) is 81.4 cm³/mol. The van der Waals surface area contributed by atoms with Crippen molar-refractivity contribution in [3.63, 3.8) is 0 Å². The van der Waals surface area contributed by atoms with Crippen molar-refractivity contribution < 1.29 is 4.74 Å². The van der Waals surface area contributed by atoms with Gasteiger partial charge in [0.25, 0.3) is 0 Å². The van der Waals surface area contributed by atoms with E-state index in [1.807, 2.05) is 0 Å². The molecule has 112 valence electrons. The van der Waals surface area contributed by atoms with Crippen LogP contribution in [0.2, 0.25) is 0 Å². The molecule has 1 atom stereocenters. The fourth-order valence-corrected chi connectivity index (χ4v) is 3.85. The number of ether oxygens (including phenoxy) is 1. The smallest absolute Gasteiger partial charge is 0.0480 e. The van der Waals surface area contributed by atoms with E-state index in [1.54, 1.807) is 0 Å². The molecule has 0 aromatic carbocycles. The molecule has 0 saturated carbocycles. The number of rotatable bonds is 7. The van der Waals surface area contributed by atoms with Crippen LogP contribution >= 0.6 is 0 Å². The molecule has 0 spiro atoms. The molecule has 2 nitrogen and oxygen atoms in total. The van der Waals surface area contributed by atoms with Crippen molar-refractivity contribution in [2.24, 2.45) is 11.3 Å². The van der Waals surface area contributed by atoms with E-state index in [1.165, 1.54) is 58.0 Å². The summed E-state index contributed by atoms with van der Waals surface area (Å²) in [6.45, 7) is 11.8. The molecule has 0 aliphatic carbocycles. The van der Waals surface area contributed by atoms with Crippen LogP contribution in [0, 0.1) is 11.3 Å². The fourth-order valence-electron chi connectivity index (χ4n) is 3.85. The minimum Gasteiger partial charge on any atom is -0.381 e. The highest BCUT2D eigenvalue weighted by Crippen LogP contribution is 2.42. The van der Waals surface area contributed by atoms with E-state index in [-0.39, 0.29) is 0 Å². The van der Waals surface area contributed by atoms with Crippen molar-refractivity contribution in [3.8, 4) is 0 Å². The van der Waals surface area contributed by atoms with Crippen molar-refractivity contribution in [2.45, 2.75) is 71.8 Å². The molecule has 0 bridgehead atoms. The third-order valence-corrected chi connectivity index (χ3v) is 5.43. The van der Waals surface area contributed by atoms with Gasteiger partial charge in [-0.15, -0.1) is 0 Å². The lowest BCUT2D eigenvalue weighted by molar-refractivity contribution is -0.0748. The topological polar surface area (TPSA) is 12.5 Å². The lowest BCUT2D eigenvalue weighted by Gasteiger charge is -2.55. The molecular formula is C17H33NO. The minimum absolute atomic E-state index is 0.663. The molecular weight excluding hydrogens is 234 g/mol. The first kappa shape index (κ1) is 15.3. The molecule has 2 heteroatoms. The van der Waals surface area contributed by atoms with Crippen LogP contribution in [-0.4, -0.2) is 37.2 Å². The number of hydrogen-bond acceptors (Lipinski definition) is 2. The van der Waals surface area contributed by atoms with E-state index in [0.29, 0.717) is 5.41 Å². The highest BCUT2D eigenvalue weighted by molar-refractivity contribution is 4.97. The summed E-state index contributed by atoms with van der Waals surface area (Å²) in [5, 5.41) is 0. The van der Waals surface area contributed by atoms with Gasteiger partial charge in [0.2, 0.25) is 0 Å². The lowest BCUT2D eigenvalue weighted by atomic mass is 9.70. The van der Waals surface area contributed by atoms with Gasteiger partial charge in [-0.1, -0.05) is 40.0 Å². The van der Waals surface area contributed by atoms with Crippen LogP contribution in [-0.2, 0) is 4.74 Å². The average Bonchev–Trinajstić information content (AvgIpc) is 2.41. The molecule has 0 amide bonds. The summed E-state index contributed by atoms with van der Waals surface area (Å²) in [6, 6.07) is 0.822. The van der Waals surface area contributed by atoms with Crippen molar-refractivity contribution in [3.05, 3.63) is 0 Å². The molecule has 2 aliphatic rings. The van der Waals surface area contributed by atoms with Crippen molar-refractivity contribution in [2.75, 3.05) is 26.3 Å². The Labute approximate surface area is 119 Å². The third-order valence-electron chi connectivity index (χ3n) is 5.43. The fraction of sp³-hybridized carbons (Fsp3) is 1.00. The number of hydrogen-bond donors (Lipinski definition) is 0. The van der Waals surface area contributed by atoms with Gasteiger partial charge in [0.05, 0.1) is 0 Å². The maximum atomic E-state index is 5.48. The molecule has 1 unspecified atom stereocenters. The first-order valence-electron chi connectivity index (χ1n) is 8.51. The Hall–Kier alpha value is -0.0800. The second kappa shape index (κ2) is 7.08. The van der Waals surface area contributed by atoms with Crippen LogP contribution in [0.15, 0.2) is 0 Å². The van der Waals surface area contributed by atoms with Crippen LogP contribution in [0.5, 0.6) is 0 Å². The first-order valence-corrected chi connectivity index (χ1v) is 8.51. The minimum atomic E-state index is 0.663. The van der Waals surface area contributed by atoms with E-state index < -0.39 is 0 Å². The van der Waals surface area contributed by atoms with Crippen LogP contribution in [0.3, 0.4) is 0 Å². The second-order valence-corrected chi connectivity index (χ2v) is 7.05. The zero-order chi connectivity index (χ0) is 13.7. The van der Waals surface area contributed by atoms with Gasteiger partial charge in [-0.25, -0.2) is 0 Å². The summed E-state index contributed by atoms with van der Waals surface area (Å²) in [6.07, 6.45) is 9.52. The summed E-state index contributed by atoms with van der Waals surface area (Å²) in [5.74, 6) is 0.908. The Bertz CT molecular complexity index is 254. The van der Waals surface area contributed by atoms with Crippen LogP contribution in [0.25, 0.3) is 0 Å². The first-order chi connectivity index (χ1) is 9.19. The quantitative estimate of drug-likeness (QED) is 0.689. The Balaban J connectivity index is 1.79. The summed E-state index contributed by atoms with van der Waals surface area (Å²) < 4.78 is 5.48. The Morgan fingerprint density at radius 1 is 1.16 bits per heavy atom. The van der Waals surface area contributed by atoms with Crippen molar-refractivity contribution >= 4 is 0 Å². The lowest BCUT2D eigenvalue weighted by Crippen LogP contribution is -2.60. The van der Waals surface area contributed by atoms with E-state index >= 15 is 0 Å². The van der Waals surface area contributed by atoms with Gasteiger partial charge in [-0.05, 0) is 37.0 Å². The van der Waals surface area contributed by atoms with Gasteiger partial charge in [-0.3, -0.25) is 4.90 Å². The molecule has 0 radical (unpaired) electrons. The number of likely N-dealkylation sites (tertiary alicyclic amines) is 1. The Kier molecular flexibility index (Phi) is 5.70. The van der Waals surface area contributed by atoms with Crippen LogP contribution in [0.4, 0.5) is 0 Å². The van der Waals surface area contributed by atoms with Gasteiger partial charge >= 0.3 is 0 Å². The summed E-state index contributed by atoms with van der Waals surface area (Å²) in [7, 11) is 0. The largest absolute Gasteiger partial charge is 0.381 e. The van der Waals surface area contributed by atoms with Crippen LogP contribution in [0.1, 0.15) is 65.7 Å². The maximum absolute atomic E-state index is 5.48. The van der Waals surface area contributed by atoms with E-state index in [4.69, 9.17) is 4.74 Å². The molecule has 2 aliphatic heterocycles. The van der Waals surface area contributed by atoms with Gasteiger partial charge in [0.1, 0.15) is 0 Å². The zero-order valence-corrected chi connectivity index (χ0v) is 13.3. The van der Waals surface area contributed by atoms with E-state index in [0.717, 1.165) is 25.2 Å². The van der Waals surface area contributed by atoms with Crippen molar-refractivity contribution in [1.82, 2.24) is 4.90 Å². The Morgan fingerprint density at radius 3 is 2.42 bits per heavy atom. The zero-order valence-electron chi connectivity index (χ0n) is 13.3. The van der Waals surface area contributed by atoms with Gasteiger partial charge in [0.15, 0.2) is 0 Å². The highest BCUT2D eigenvalue weighted by atomic mass is 16.5. The SMILES string of the molecule is CCCC1(CCC(C)CC)CN(C2CCOCC2)C1. The van der Waals surface area contributed by atoms with Gasteiger partial charge in [0, 0.05) is 32.3 Å². The molecule has 2 saturated heterocycles. The molecule has 0 aromatic rings. The van der Waals surface area contributed by atoms with Gasteiger partial charge < -0.3 is 4.74 Å². The Morgan fingerprint density at radius 2 is 1.84 bits per heavy atom. The summed E-state index contributed by atoms with van der Waals surface area (Å²) in [5.41, 5.74) is 0.663. The molecule has 2 fully saturated rings. The summed E-state index contributed by atoms with van der Waals surface area (Å²) >= 11 is 0. The molecule has 2 rings (SSSR count). The molecule has 0 N–H and O–H groups in total. The van der Waals surface area contributed by atoms with E-state index in [2.05, 4.69) is 25.7 Å². The monoisotopic (exact) mass is 267 g/mol. The maximum Gasteiger partial charge on any atom is 0.0480 e. The number of nitrogens with zero attached hydrogens (tertiary/aromatic N) is 1. The second-order valence-electron chi connectivity index (χ2n) is 7.05. The molecule has 19 heavy (non-hydrogen) atoms.